The van der Waals surface area contributed by atoms with Crippen molar-refractivity contribution in [3.63, 3.8) is 0 Å². The van der Waals surface area contributed by atoms with Crippen molar-refractivity contribution in [2.75, 3.05) is 33.0 Å². The van der Waals surface area contributed by atoms with Crippen LogP contribution >= 0.6 is 0 Å². The Kier molecular flexibility index (Phi) is 5.13. The van der Waals surface area contributed by atoms with E-state index in [4.69, 9.17) is 10.5 Å². The summed E-state index contributed by atoms with van der Waals surface area (Å²) in [6, 6.07) is 8.59. The number of H-pyrrole nitrogens is 1. The molecule has 4 N–H and O–H groups in total. The van der Waals surface area contributed by atoms with Crippen LogP contribution in [0.15, 0.2) is 24.3 Å². The Balaban J connectivity index is 1.48. The summed E-state index contributed by atoms with van der Waals surface area (Å²) in [6.45, 7) is 2.19. The van der Waals surface area contributed by atoms with Gasteiger partial charge in [-0.15, -0.1) is 5.10 Å². The summed E-state index contributed by atoms with van der Waals surface area (Å²) in [7, 11) is 4.18. The standard InChI is InChI=1S/C17H26N6O/c1-23(2)17(9-8-13-6-3-4-7-14(13)17)24-11-5-10-19-12-15-20-16(18)22-21-15/h3-4,6-7,19H,5,8-12H2,1-2H3,(H3,18,20,21,22). The smallest absolute Gasteiger partial charge is 0.239 e. The van der Waals surface area contributed by atoms with Gasteiger partial charge in [-0.1, -0.05) is 24.3 Å². The van der Waals surface area contributed by atoms with E-state index in [1.54, 1.807) is 0 Å². The van der Waals surface area contributed by atoms with Crippen molar-refractivity contribution in [3.8, 4) is 0 Å². The largest absolute Gasteiger partial charge is 0.367 e. The molecule has 0 radical (unpaired) electrons. The third-order valence-electron chi connectivity index (χ3n) is 4.57. The first-order chi connectivity index (χ1) is 11.6. The van der Waals surface area contributed by atoms with E-state index < -0.39 is 0 Å². The van der Waals surface area contributed by atoms with Gasteiger partial charge < -0.3 is 15.8 Å². The van der Waals surface area contributed by atoms with Crippen LogP contribution in [0.2, 0.25) is 0 Å². The van der Waals surface area contributed by atoms with E-state index in [-0.39, 0.29) is 11.7 Å². The van der Waals surface area contributed by atoms with Crippen LogP contribution in [0.4, 0.5) is 5.95 Å². The van der Waals surface area contributed by atoms with Crippen molar-refractivity contribution in [2.24, 2.45) is 0 Å². The first kappa shape index (κ1) is 16.9. The molecule has 0 bridgehead atoms. The number of nitrogens with one attached hydrogen (secondary N) is 2. The molecule has 1 heterocycles. The molecule has 0 amide bonds. The minimum Gasteiger partial charge on any atom is -0.367 e. The van der Waals surface area contributed by atoms with Gasteiger partial charge in [0, 0.05) is 5.56 Å². The monoisotopic (exact) mass is 330 g/mol. The molecule has 0 aliphatic heterocycles. The zero-order valence-electron chi connectivity index (χ0n) is 14.4. The van der Waals surface area contributed by atoms with Gasteiger partial charge in [0.1, 0.15) is 11.5 Å². The van der Waals surface area contributed by atoms with E-state index in [1.807, 2.05) is 0 Å². The Bertz CT molecular complexity index is 671. The molecule has 0 saturated heterocycles. The molecule has 3 rings (SSSR count). The lowest BCUT2D eigenvalue weighted by atomic mass is 10.0. The zero-order valence-corrected chi connectivity index (χ0v) is 14.4. The number of aromatic nitrogens is 3. The van der Waals surface area contributed by atoms with E-state index in [9.17, 15) is 0 Å². The van der Waals surface area contributed by atoms with Crippen molar-refractivity contribution < 1.29 is 4.74 Å². The molecule has 7 heteroatoms. The number of nitrogens with two attached hydrogens (primary N) is 1. The molecule has 7 nitrogen and oxygen atoms in total. The molecule has 0 saturated carbocycles. The van der Waals surface area contributed by atoms with Gasteiger partial charge in [0.2, 0.25) is 5.95 Å². The van der Waals surface area contributed by atoms with Crippen molar-refractivity contribution in [3.05, 3.63) is 41.2 Å². The number of nitrogens with zero attached hydrogens (tertiary/aromatic N) is 3. The highest BCUT2D eigenvalue weighted by molar-refractivity contribution is 5.36. The third-order valence-corrected chi connectivity index (χ3v) is 4.57. The fraction of sp³-hybridized carbons (Fsp3) is 0.529. The molecule has 2 aromatic rings. The van der Waals surface area contributed by atoms with Gasteiger partial charge in [0.25, 0.3) is 0 Å². The van der Waals surface area contributed by atoms with Crippen LogP contribution in [-0.4, -0.2) is 47.3 Å². The number of aromatic amines is 1. The van der Waals surface area contributed by atoms with Crippen LogP contribution in [0.5, 0.6) is 0 Å². The van der Waals surface area contributed by atoms with Gasteiger partial charge in [-0.2, -0.15) is 4.98 Å². The molecule has 0 spiro atoms. The second-order valence-electron chi connectivity index (χ2n) is 6.36. The van der Waals surface area contributed by atoms with E-state index in [0.717, 1.165) is 31.6 Å². The molecule has 1 aliphatic carbocycles. The molecule has 1 aromatic heterocycles. The second kappa shape index (κ2) is 7.29. The van der Waals surface area contributed by atoms with Crippen molar-refractivity contribution in [2.45, 2.75) is 31.5 Å². The predicted octanol–water partition coefficient (Wildman–Crippen LogP) is 1.24. The summed E-state index contributed by atoms with van der Waals surface area (Å²) < 4.78 is 6.37. The summed E-state index contributed by atoms with van der Waals surface area (Å²) >= 11 is 0. The third kappa shape index (κ3) is 3.43. The van der Waals surface area contributed by atoms with Crippen LogP contribution in [0.3, 0.4) is 0 Å². The SMILES string of the molecule is CN(C)C1(OCCCNCc2nc(N)n[nH]2)CCc2ccccc21. The molecular formula is C17H26N6O. The number of fused-ring (bicyclic) bond motifs is 1. The van der Waals surface area contributed by atoms with E-state index in [1.165, 1.54) is 11.1 Å². The molecule has 0 fully saturated rings. The topological polar surface area (TPSA) is 92.1 Å². The van der Waals surface area contributed by atoms with Crippen LogP contribution in [0, 0.1) is 0 Å². The van der Waals surface area contributed by atoms with Gasteiger partial charge in [-0.25, -0.2) is 0 Å². The first-order valence-electron chi connectivity index (χ1n) is 8.39. The Morgan fingerprint density at radius 2 is 2.21 bits per heavy atom. The molecule has 1 unspecified atom stereocenters. The molecule has 1 aliphatic rings. The Morgan fingerprint density at radius 3 is 2.96 bits per heavy atom. The number of hydrogen-bond acceptors (Lipinski definition) is 6. The molecule has 1 aromatic carbocycles. The Labute approximate surface area is 142 Å². The maximum Gasteiger partial charge on any atom is 0.239 e. The fourth-order valence-electron chi connectivity index (χ4n) is 3.34. The fourth-order valence-corrected chi connectivity index (χ4v) is 3.34. The number of ether oxygens (including phenoxy) is 1. The van der Waals surface area contributed by atoms with Crippen LogP contribution in [-0.2, 0) is 23.4 Å². The van der Waals surface area contributed by atoms with E-state index in [2.05, 4.69) is 63.8 Å². The van der Waals surface area contributed by atoms with E-state index in [0.29, 0.717) is 13.2 Å². The number of nitrogen functional groups attached to an aromatic ring is 1. The molecule has 24 heavy (non-hydrogen) atoms. The number of benzene rings is 1. The maximum absolute atomic E-state index is 6.37. The number of aryl methyl sites for hydroxylation is 1. The number of hydrogen-bond donors (Lipinski definition) is 3. The van der Waals surface area contributed by atoms with Crippen LogP contribution in [0.25, 0.3) is 0 Å². The molecule has 1 atom stereocenters. The molecule has 130 valence electrons. The van der Waals surface area contributed by atoms with Crippen molar-refractivity contribution in [1.82, 2.24) is 25.4 Å². The lowest BCUT2D eigenvalue weighted by Gasteiger charge is -2.37. The van der Waals surface area contributed by atoms with Crippen molar-refractivity contribution in [1.29, 1.82) is 0 Å². The summed E-state index contributed by atoms with van der Waals surface area (Å²) in [5, 5.41) is 9.91. The maximum atomic E-state index is 6.37. The minimum absolute atomic E-state index is 0.281. The van der Waals surface area contributed by atoms with Gasteiger partial charge in [0.05, 0.1) is 13.2 Å². The highest BCUT2D eigenvalue weighted by Gasteiger charge is 2.41. The second-order valence-corrected chi connectivity index (χ2v) is 6.36. The average Bonchev–Trinajstić information content (AvgIpc) is 3.15. The summed E-state index contributed by atoms with van der Waals surface area (Å²) in [4.78, 5) is 6.26. The lowest BCUT2D eigenvalue weighted by Crippen LogP contribution is -2.42. The molecular weight excluding hydrogens is 304 g/mol. The predicted molar refractivity (Wildman–Crippen MR) is 93.2 cm³/mol. The minimum atomic E-state index is -0.296. The summed E-state index contributed by atoms with van der Waals surface area (Å²) in [5.41, 5.74) is 7.88. The van der Waals surface area contributed by atoms with Crippen molar-refractivity contribution >= 4 is 5.95 Å². The summed E-state index contributed by atoms with van der Waals surface area (Å²) in [5.74, 6) is 1.03. The quantitative estimate of drug-likeness (QED) is 0.498. The van der Waals surface area contributed by atoms with Gasteiger partial charge in [-0.3, -0.25) is 10.00 Å². The average molecular weight is 330 g/mol. The highest BCUT2D eigenvalue weighted by Crippen LogP contribution is 2.41. The Morgan fingerprint density at radius 1 is 1.38 bits per heavy atom. The first-order valence-corrected chi connectivity index (χ1v) is 8.39. The van der Waals surface area contributed by atoms with Gasteiger partial charge in [0.15, 0.2) is 0 Å². The summed E-state index contributed by atoms with van der Waals surface area (Å²) in [6.07, 6.45) is 3.00. The lowest BCUT2D eigenvalue weighted by molar-refractivity contribution is -0.144. The van der Waals surface area contributed by atoms with Gasteiger partial charge in [-0.05, 0) is 45.5 Å². The number of anilines is 1. The van der Waals surface area contributed by atoms with Crippen LogP contribution < -0.4 is 11.1 Å². The zero-order chi connectivity index (χ0) is 17.0. The van der Waals surface area contributed by atoms with Crippen LogP contribution in [0.1, 0.15) is 29.8 Å². The van der Waals surface area contributed by atoms with E-state index >= 15 is 0 Å². The normalized spacial score (nSPS) is 19.8. The number of rotatable bonds is 8. The van der Waals surface area contributed by atoms with Gasteiger partial charge >= 0.3 is 0 Å². The Hall–Kier alpha value is -1.96. The highest BCUT2D eigenvalue weighted by atomic mass is 16.5.